The molecule has 44 valence electrons. The zero-order valence-electron chi connectivity index (χ0n) is 5.17. The van der Waals surface area contributed by atoms with Gasteiger partial charge in [0.15, 0.2) is 0 Å². The monoisotopic (exact) mass is 130 g/mol. The van der Waals surface area contributed by atoms with E-state index >= 15 is 0 Å². The van der Waals surface area contributed by atoms with Crippen LogP contribution in [0, 0.1) is 0 Å². The van der Waals surface area contributed by atoms with Crippen LogP contribution in [0.5, 0.6) is 0 Å². The van der Waals surface area contributed by atoms with Crippen LogP contribution in [-0.4, -0.2) is 34.1 Å². The van der Waals surface area contributed by atoms with E-state index < -0.39 is 13.5 Å². The average molecular weight is 130 g/mol. The van der Waals surface area contributed by atoms with Crippen LogP contribution >= 0.6 is 0 Å². The molecule has 0 bridgehead atoms. The van der Waals surface area contributed by atoms with Crippen molar-refractivity contribution in [3.8, 4) is 0 Å². The molecular formula is C3H7LiO3S. The van der Waals surface area contributed by atoms with Gasteiger partial charge in [-0.15, -0.1) is 0 Å². The molecule has 8 heavy (non-hydrogen) atoms. The maximum absolute atomic E-state index is 10.2. The fourth-order valence-corrected chi connectivity index (χ4v) is 0. The Morgan fingerprint density at radius 3 is 1.62 bits per heavy atom. The SMILES string of the molecule is [Li][C](C)(C)S(=O)(=O)O. The summed E-state index contributed by atoms with van der Waals surface area (Å²) in [5, 5.41) is 0. The summed E-state index contributed by atoms with van der Waals surface area (Å²) in [6.45, 7) is 2.87. The molecule has 0 aromatic rings. The zero-order valence-corrected chi connectivity index (χ0v) is 5.99. The van der Waals surface area contributed by atoms with Gasteiger partial charge in [0.05, 0.1) is 0 Å². The van der Waals surface area contributed by atoms with Crippen LogP contribution in [0.1, 0.15) is 13.8 Å². The van der Waals surface area contributed by atoms with Gasteiger partial charge in [0, 0.05) is 0 Å². The maximum atomic E-state index is 10.2. The molecule has 0 aliphatic heterocycles. The van der Waals surface area contributed by atoms with Crippen LogP contribution in [0.15, 0.2) is 0 Å². The van der Waals surface area contributed by atoms with Gasteiger partial charge in [-0.3, -0.25) is 0 Å². The molecule has 0 radical (unpaired) electrons. The third-order valence-electron chi connectivity index (χ3n) is 0.774. The van der Waals surface area contributed by atoms with Gasteiger partial charge < -0.3 is 0 Å². The van der Waals surface area contributed by atoms with Crippen LogP contribution in [0.4, 0.5) is 0 Å². The van der Waals surface area contributed by atoms with Crippen molar-refractivity contribution in [1.29, 1.82) is 0 Å². The second-order valence-corrected chi connectivity index (χ2v) is 4.76. The van der Waals surface area contributed by atoms with Crippen molar-refractivity contribution in [2.24, 2.45) is 0 Å². The second-order valence-electron chi connectivity index (χ2n) is 2.59. The molecule has 0 amide bonds. The summed E-state index contributed by atoms with van der Waals surface area (Å²) in [5.41, 5.74) is 0. The quantitative estimate of drug-likeness (QED) is 0.394. The molecule has 0 saturated heterocycles. The Hall–Kier alpha value is 0.507. The first-order chi connectivity index (χ1) is 3.25. The van der Waals surface area contributed by atoms with Crippen LogP contribution in [0.2, 0.25) is 0 Å². The molecule has 0 aliphatic carbocycles. The Morgan fingerprint density at radius 1 is 1.50 bits per heavy atom. The van der Waals surface area contributed by atoms with Gasteiger partial charge in [0.1, 0.15) is 0 Å². The molecule has 0 rings (SSSR count). The summed E-state index contributed by atoms with van der Waals surface area (Å²) >= 11 is 1.43. The van der Waals surface area contributed by atoms with Crippen molar-refractivity contribution in [3.05, 3.63) is 0 Å². The van der Waals surface area contributed by atoms with Crippen LogP contribution < -0.4 is 0 Å². The van der Waals surface area contributed by atoms with Gasteiger partial charge >= 0.3 is 58.1 Å². The van der Waals surface area contributed by atoms with Gasteiger partial charge in [0.2, 0.25) is 0 Å². The molecule has 0 saturated carbocycles. The van der Waals surface area contributed by atoms with Gasteiger partial charge in [-0.05, 0) is 0 Å². The summed E-state index contributed by atoms with van der Waals surface area (Å²) in [4.78, 5) is 0. The number of hydrogen-bond acceptors (Lipinski definition) is 2. The van der Waals surface area contributed by atoms with Crippen molar-refractivity contribution in [3.63, 3.8) is 0 Å². The molecule has 3 nitrogen and oxygen atoms in total. The Kier molecular flexibility index (Phi) is 2.16. The standard InChI is InChI=1S/C3H7O3S.Li/c1-3(2)7(4,5)6;/h1-2H3,(H,4,5,6);. The fraction of sp³-hybridized carbons (Fsp3) is 1.00. The Morgan fingerprint density at radius 2 is 1.62 bits per heavy atom. The number of hydrogen-bond donors (Lipinski definition) is 1. The van der Waals surface area contributed by atoms with E-state index in [9.17, 15) is 8.42 Å². The molecule has 0 fully saturated rings. The van der Waals surface area contributed by atoms with Crippen LogP contribution in [0.25, 0.3) is 0 Å². The Bertz CT molecular complexity index is 163. The Balaban J connectivity index is 4.53. The molecular weight excluding hydrogens is 123 g/mol. The first kappa shape index (κ1) is 8.51. The number of rotatable bonds is 1. The van der Waals surface area contributed by atoms with Gasteiger partial charge in [0.25, 0.3) is 0 Å². The van der Waals surface area contributed by atoms with Crippen LogP contribution in [0.3, 0.4) is 0 Å². The van der Waals surface area contributed by atoms with Crippen molar-refractivity contribution in [2.75, 3.05) is 0 Å². The first-order valence-corrected chi connectivity index (χ1v) is 3.66. The summed E-state index contributed by atoms with van der Waals surface area (Å²) in [5.74, 6) is 0. The zero-order chi connectivity index (χ0) is 7.00. The van der Waals surface area contributed by atoms with E-state index in [4.69, 9.17) is 4.55 Å². The predicted molar refractivity (Wildman–Crippen MR) is 31.4 cm³/mol. The van der Waals surface area contributed by atoms with E-state index in [0.29, 0.717) is 0 Å². The predicted octanol–water partition coefficient (Wildman–Crippen LogP) is -0.221. The summed E-state index contributed by atoms with van der Waals surface area (Å²) in [6.07, 6.45) is 0. The van der Waals surface area contributed by atoms with Gasteiger partial charge in [-0.1, -0.05) is 0 Å². The fourth-order valence-electron chi connectivity index (χ4n) is 0. The van der Waals surface area contributed by atoms with E-state index in [1.165, 1.54) is 31.6 Å². The van der Waals surface area contributed by atoms with E-state index in [0.717, 1.165) is 0 Å². The van der Waals surface area contributed by atoms with Crippen molar-refractivity contribution in [2.45, 2.75) is 17.3 Å². The van der Waals surface area contributed by atoms with E-state index in [2.05, 4.69) is 0 Å². The summed E-state index contributed by atoms with van der Waals surface area (Å²) in [6, 6.07) is 0. The second kappa shape index (κ2) is 2.03. The molecule has 0 aliphatic rings. The van der Waals surface area contributed by atoms with E-state index in [-0.39, 0.29) is 0 Å². The minimum absolute atomic E-state index is 1.03. The molecule has 0 heterocycles. The third-order valence-corrected chi connectivity index (χ3v) is 2.32. The molecule has 0 aromatic carbocycles. The molecule has 0 atom stereocenters. The molecule has 1 N–H and O–H groups in total. The molecule has 0 spiro atoms. The molecule has 0 unspecified atom stereocenters. The minimum atomic E-state index is -3.84. The van der Waals surface area contributed by atoms with Gasteiger partial charge in [-0.25, -0.2) is 0 Å². The molecule has 0 aromatic heterocycles. The van der Waals surface area contributed by atoms with Crippen molar-refractivity contribution >= 4 is 27.8 Å². The van der Waals surface area contributed by atoms with Crippen molar-refractivity contribution in [1.82, 2.24) is 0 Å². The van der Waals surface area contributed by atoms with E-state index in [1.54, 1.807) is 0 Å². The summed E-state index contributed by atoms with van der Waals surface area (Å²) < 4.78 is 27.7. The first-order valence-electron chi connectivity index (χ1n) is 2.22. The third kappa shape index (κ3) is 2.18. The summed E-state index contributed by atoms with van der Waals surface area (Å²) in [7, 11) is -3.84. The normalized spacial score (nSPS) is 14.1. The molecule has 5 heteroatoms. The van der Waals surface area contributed by atoms with Gasteiger partial charge in [-0.2, -0.15) is 0 Å². The van der Waals surface area contributed by atoms with E-state index in [1.807, 2.05) is 0 Å². The Labute approximate surface area is 58.4 Å². The average Bonchev–Trinajstić information content (AvgIpc) is 1.25. The van der Waals surface area contributed by atoms with Crippen LogP contribution in [-0.2, 0) is 10.1 Å². The topological polar surface area (TPSA) is 54.4 Å². The van der Waals surface area contributed by atoms with Crippen molar-refractivity contribution < 1.29 is 13.0 Å².